The lowest BCUT2D eigenvalue weighted by molar-refractivity contribution is -0.116. The van der Waals surface area contributed by atoms with Crippen molar-refractivity contribution in [1.82, 2.24) is 9.88 Å². The second-order valence-corrected chi connectivity index (χ2v) is 11.4. The molecule has 0 saturated heterocycles. The van der Waals surface area contributed by atoms with Gasteiger partial charge >= 0.3 is 0 Å². The van der Waals surface area contributed by atoms with Gasteiger partial charge in [0.2, 0.25) is 11.8 Å². The van der Waals surface area contributed by atoms with Gasteiger partial charge in [0, 0.05) is 44.1 Å². The van der Waals surface area contributed by atoms with E-state index in [9.17, 15) is 14.7 Å². The first-order valence-corrected chi connectivity index (χ1v) is 15.7. The minimum atomic E-state index is -0.816. The summed E-state index contributed by atoms with van der Waals surface area (Å²) >= 11 is 0. The van der Waals surface area contributed by atoms with E-state index in [0.717, 1.165) is 22.4 Å². The van der Waals surface area contributed by atoms with E-state index in [1.165, 1.54) is 6.92 Å². The molecule has 4 aromatic carbocycles. The molecule has 0 bridgehead atoms. The van der Waals surface area contributed by atoms with Crippen molar-refractivity contribution in [3.8, 4) is 5.75 Å². The minimum Gasteiger partial charge on any atom is -0.487 e. The number of nitrogens with zero attached hydrogens (tertiary/aromatic N) is 2. The second kappa shape index (κ2) is 16.8. The summed E-state index contributed by atoms with van der Waals surface area (Å²) in [5.74, 6) is 0.193. The Morgan fingerprint density at radius 1 is 0.809 bits per heavy atom. The van der Waals surface area contributed by atoms with Gasteiger partial charge in [0.1, 0.15) is 12.4 Å². The molecule has 8 nitrogen and oxygen atoms in total. The smallest absolute Gasteiger partial charge is 0.230 e. The second-order valence-electron chi connectivity index (χ2n) is 11.4. The number of aliphatic hydroxyl groups excluding tert-OH is 1. The van der Waals surface area contributed by atoms with Crippen LogP contribution in [0.1, 0.15) is 41.0 Å². The van der Waals surface area contributed by atoms with Crippen LogP contribution < -0.4 is 15.4 Å². The van der Waals surface area contributed by atoms with Crippen LogP contribution in [0.2, 0.25) is 0 Å². The maximum absolute atomic E-state index is 12.6. The molecule has 1 unspecified atom stereocenters. The lowest BCUT2D eigenvalue weighted by Gasteiger charge is -2.26. The molecule has 5 aromatic rings. The predicted molar refractivity (Wildman–Crippen MR) is 185 cm³/mol. The van der Waals surface area contributed by atoms with Crippen LogP contribution in [0.25, 0.3) is 0 Å². The largest absolute Gasteiger partial charge is 0.487 e. The highest BCUT2D eigenvalue weighted by Gasteiger charge is 2.18. The van der Waals surface area contributed by atoms with E-state index in [1.54, 1.807) is 18.3 Å². The fraction of sp³-hybridized carbons (Fsp3) is 0.205. The Bertz CT molecular complexity index is 1730. The number of pyridine rings is 1. The van der Waals surface area contributed by atoms with Crippen LogP contribution in [-0.4, -0.2) is 39.9 Å². The monoisotopic (exact) mass is 628 g/mol. The molecule has 0 aliphatic carbocycles. The van der Waals surface area contributed by atoms with E-state index in [-0.39, 0.29) is 18.2 Å². The summed E-state index contributed by atoms with van der Waals surface area (Å²) in [5, 5.41) is 17.2. The number of ether oxygens (including phenoxy) is 1. The standard InChI is InChI=1S/C39H40N4O4/c1-29(44)41-36-24-33(17-18-38(36)47-28-32-13-7-3-8-14-32)37(45)27-43(26-31-11-5-2-6-12-31)22-20-30-19-21-40-35(23-30)25-39(46)42-34-15-9-4-10-16-34/h2-19,21,23-24,37,45H,20,22,25-28H2,1H3,(H,41,44)(H,42,46). The number of hydrogen-bond acceptors (Lipinski definition) is 6. The van der Waals surface area contributed by atoms with E-state index < -0.39 is 6.10 Å². The van der Waals surface area contributed by atoms with Gasteiger partial charge in [-0.05, 0) is 65.1 Å². The maximum Gasteiger partial charge on any atom is 0.230 e. The molecule has 0 aliphatic heterocycles. The van der Waals surface area contributed by atoms with Gasteiger partial charge in [-0.2, -0.15) is 0 Å². The quantitative estimate of drug-likeness (QED) is 0.121. The van der Waals surface area contributed by atoms with Crippen LogP contribution in [0, 0.1) is 0 Å². The zero-order valence-corrected chi connectivity index (χ0v) is 26.5. The summed E-state index contributed by atoms with van der Waals surface area (Å²) in [6.45, 7) is 3.49. The third kappa shape index (κ3) is 10.6. The van der Waals surface area contributed by atoms with Gasteiger partial charge in [-0.15, -0.1) is 0 Å². The van der Waals surface area contributed by atoms with Crippen LogP contribution in [0.3, 0.4) is 0 Å². The lowest BCUT2D eigenvalue weighted by Crippen LogP contribution is -2.30. The first-order chi connectivity index (χ1) is 22.9. The average Bonchev–Trinajstić information content (AvgIpc) is 3.08. The highest BCUT2D eigenvalue weighted by molar-refractivity contribution is 5.92. The number of hydrogen-bond donors (Lipinski definition) is 3. The van der Waals surface area contributed by atoms with Gasteiger partial charge in [-0.3, -0.25) is 19.5 Å². The first kappa shape index (κ1) is 33.1. The molecular formula is C39H40N4O4. The number of amides is 2. The van der Waals surface area contributed by atoms with Gasteiger partial charge in [-0.1, -0.05) is 84.9 Å². The third-order valence-electron chi connectivity index (χ3n) is 7.61. The van der Waals surface area contributed by atoms with E-state index in [4.69, 9.17) is 4.74 Å². The Hall–Kier alpha value is -5.31. The highest BCUT2D eigenvalue weighted by atomic mass is 16.5. The molecule has 5 rings (SSSR count). The molecule has 8 heteroatoms. The van der Waals surface area contributed by atoms with Crippen LogP contribution >= 0.6 is 0 Å². The summed E-state index contributed by atoms with van der Waals surface area (Å²) < 4.78 is 6.03. The topological polar surface area (TPSA) is 104 Å². The third-order valence-corrected chi connectivity index (χ3v) is 7.61. The Kier molecular flexibility index (Phi) is 11.8. The van der Waals surface area contributed by atoms with Crippen molar-refractivity contribution in [2.24, 2.45) is 0 Å². The van der Waals surface area contributed by atoms with Gasteiger partial charge < -0.3 is 20.5 Å². The molecule has 1 aromatic heterocycles. The molecule has 0 saturated carbocycles. The van der Waals surface area contributed by atoms with Crippen molar-refractivity contribution in [2.75, 3.05) is 23.7 Å². The average molecular weight is 629 g/mol. The van der Waals surface area contributed by atoms with Crippen molar-refractivity contribution in [1.29, 1.82) is 0 Å². The highest BCUT2D eigenvalue weighted by Crippen LogP contribution is 2.30. The molecule has 240 valence electrons. The number of para-hydroxylation sites is 1. The number of carbonyl (C=O) groups excluding carboxylic acids is 2. The predicted octanol–water partition coefficient (Wildman–Crippen LogP) is 6.58. The van der Waals surface area contributed by atoms with Crippen LogP contribution in [0.4, 0.5) is 11.4 Å². The molecule has 0 aliphatic rings. The summed E-state index contributed by atoms with van der Waals surface area (Å²) in [6.07, 6.45) is 1.81. The Labute approximate surface area is 276 Å². The first-order valence-electron chi connectivity index (χ1n) is 15.7. The molecule has 3 N–H and O–H groups in total. The lowest BCUT2D eigenvalue weighted by atomic mass is 10.1. The molecule has 0 spiro atoms. The van der Waals surface area contributed by atoms with Crippen LogP contribution in [0.15, 0.2) is 128 Å². The van der Waals surface area contributed by atoms with Crippen LogP contribution in [0.5, 0.6) is 5.75 Å². The van der Waals surface area contributed by atoms with Crippen molar-refractivity contribution < 1.29 is 19.4 Å². The molecule has 2 amide bonds. The Morgan fingerprint density at radius 3 is 2.19 bits per heavy atom. The minimum absolute atomic E-state index is 0.121. The number of benzene rings is 4. The number of nitrogens with one attached hydrogen (secondary N) is 2. The fourth-order valence-electron chi connectivity index (χ4n) is 5.29. The molecule has 1 heterocycles. The van der Waals surface area contributed by atoms with Crippen LogP contribution in [-0.2, 0) is 35.6 Å². The molecular weight excluding hydrogens is 588 g/mol. The van der Waals surface area contributed by atoms with Gasteiger partial charge in [-0.25, -0.2) is 0 Å². The number of anilines is 2. The molecule has 1 atom stereocenters. The number of rotatable bonds is 15. The molecule has 0 fully saturated rings. The van der Waals surface area contributed by atoms with Crippen molar-refractivity contribution >= 4 is 23.2 Å². The SMILES string of the molecule is CC(=O)Nc1cc(C(O)CN(CCc2ccnc(CC(=O)Nc3ccccc3)c2)Cc2ccccc2)ccc1OCc1ccccc1. The summed E-state index contributed by atoms with van der Waals surface area (Å²) in [6, 6.07) is 38.7. The zero-order chi connectivity index (χ0) is 32.8. The van der Waals surface area contributed by atoms with Gasteiger partial charge in [0.25, 0.3) is 0 Å². The van der Waals surface area contributed by atoms with Gasteiger partial charge in [0.05, 0.1) is 18.2 Å². The Morgan fingerprint density at radius 2 is 1.49 bits per heavy atom. The maximum atomic E-state index is 12.6. The Balaban J connectivity index is 1.26. The van der Waals surface area contributed by atoms with E-state index in [1.807, 2.05) is 97.1 Å². The van der Waals surface area contributed by atoms with E-state index in [0.29, 0.717) is 55.4 Å². The van der Waals surface area contributed by atoms with Gasteiger partial charge in [0.15, 0.2) is 0 Å². The normalized spacial score (nSPS) is 11.6. The number of carbonyl (C=O) groups is 2. The summed E-state index contributed by atoms with van der Waals surface area (Å²) in [5.41, 5.74) is 5.85. The fourth-order valence-corrected chi connectivity index (χ4v) is 5.29. The van der Waals surface area contributed by atoms with E-state index >= 15 is 0 Å². The van der Waals surface area contributed by atoms with Crippen molar-refractivity contribution in [3.05, 3.63) is 155 Å². The molecule has 0 radical (unpaired) electrons. The van der Waals surface area contributed by atoms with Crippen molar-refractivity contribution in [3.63, 3.8) is 0 Å². The number of aromatic nitrogens is 1. The zero-order valence-electron chi connectivity index (χ0n) is 26.5. The van der Waals surface area contributed by atoms with E-state index in [2.05, 4.69) is 32.7 Å². The number of aliphatic hydroxyl groups is 1. The molecule has 47 heavy (non-hydrogen) atoms. The summed E-state index contributed by atoms with van der Waals surface area (Å²) in [4.78, 5) is 31.3. The summed E-state index contributed by atoms with van der Waals surface area (Å²) in [7, 11) is 0. The van der Waals surface area contributed by atoms with Crippen molar-refractivity contribution in [2.45, 2.75) is 39.0 Å².